The molecule has 2 aromatic heterocycles. The summed E-state index contributed by atoms with van der Waals surface area (Å²) >= 11 is 0. The van der Waals surface area contributed by atoms with Crippen molar-refractivity contribution in [2.45, 2.75) is 58.9 Å². The van der Waals surface area contributed by atoms with E-state index in [2.05, 4.69) is 21.5 Å². The highest BCUT2D eigenvalue weighted by Gasteiger charge is 2.63. The van der Waals surface area contributed by atoms with Crippen molar-refractivity contribution in [2.24, 2.45) is 5.41 Å². The number of pyridine rings is 1. The summed E-state index contributed by atoms with van der Waals surface area (Å²) in [6, 6.07) is 4.04. The highest BCUT2D eigenvalue weighted by atomic mass is 16.5. The Labute approximate surface area is 141 Å². The zero-order valence-electron chi connectivity index (χ0n) is 14.7. The van der Waals surface area contributed by atoms with E-state index in [1.54, 1.807) is 6.07 Å². The Bertz CT molecular complexity index is 860. The number of amides is 1. The van der Waals surface area contributed by atoms with Crippen LogP contribution in [0.4, 0.5) is 0 Å². The van der Waals surface area contributed by atoms with Crippen LogP contribution in [0.25, 0.3) is 11.1 Å². The van der Waals surface area contributed by atoms with Gasteiger partial charge in [-0.15, -0.1) is 0 Å². The van der Waals surface area contributed by atoms with Gasteiger partial charge in [-0.3, -0.25) is 4.79 Å². The monoisotopic (exact) mass is 326 g/mol. The van der Waals surface area contributed by atoms with E-state index >= 15 is 0 Å². The zero-order valence-corrected chi connectivity index (χ0v) is 14.7. The molecular weight excluding hydrogens is 304 g/mol. The maximum absolute atomic E-state index is 12.9. The number of carbonyl (C=O) groups is 1. The van der Waals surface area contributed by atoms with Gasteiger partial charge >= 0.3 is 0 Å². The minimum Gasteiger partial charge on any atom is -0.335 e. The summed E-state index contributed by atoms with van der Waals surface area (Å²) in [5.41, 5.74) is 1.32. The Kier molecular flexibility index (Phi) is 3.63. The molecule has 0 bridgehead atoms. The van der Waals surface area contributed by atoms with Crippen LogP contribution in [0, 0.1) is 16.7 Å². The molecule has 24 heavy (non-hydrogen) atoms. The predicted molar refractivity (Wildman–Crippen MR) is 89.5 cm³/mol. The maximum Gasteiger partial charge on any atom is 0.259 e. The molecule has 0 aromatic carbocycles. The Hall–Kier alpha value is -2.42. The van der Waals surface area contributed by atoms with Gasteiger partial charge in [0.15, 0.2) is 0 Å². The van der Waals surface area contributed by atoms with E-state index in [0.717, 1.165) is 5.69 Å². The Morgan fingerprint density at radius 1 is 1.50 bits per heavy atom. The highest BCUT2D eigenvalue weighted by molar-refractivity contribution is 6.06. The van der Waals surface area contributed by atoms with Crippen LogP contribution in [0.5, 0.6) is 0 Å². The average molecular weight is 326 g/mol. The predicted octanol–water partition coefficient (Wildman–Crippen LogP) is 3.33. The van der Waals surface area contributed by atoms with Crippen molar-refractivity contribution in [3.63, 3.8) is 0 Å². The van der Waals surface area contributed by atoms with E-state index in [1.807, 2.05) is 34.6 Å². The molecule has 1 aliphatic carbocycles. The van der Waals surface area contributed by atoms with Gasteiger partial charge in [0.05, 0.1) is 22.7 Å². The molecule has 0 radical (unpaired) electrons. The van der Waals surface area contributed by atoms with Crippen LogP contribution in [-0.4, -0.2) is 21.6 Å². The van der Waals surface area contributed by atoms with Crippen molar-refractivity contribution in [1.29, 1.82) is 5.26 Å². The number of hydrogen-bond donors (Lipinski definition) is 1. The average Bonchev–Trinajstić information content (AvgIpc) is 2.88. The summed E-state index contributed by atoms with van der Waals surface area (Å²) in [4.78, 5) is 17.4. The number of nitrogens with one attached hydrogen (secondary N) is 1. The van der Waals surface area contributed by atoms with Crippen LogP contribution in [0.15, 0.2) is 10.6 Å². The Morgan fingerprint density at radius 3 is 2.67 bits per heavy atom. The molecule has 1 atom stereocenters. The first-order valence-corrected chi connectivity index (χ1v) is 8.27. The first kappa shape index (κ1) is 16.4. The standard InChI is InChI=1S/C18H22N4O2/c1-6-11-7-12(13-14(10(2)3)22-24-16(13)20-11)15(23)21-18(9-19)8-17(18,4)5/h7,10H,6,8H2,1-5H3,(H,21,23). The normalized spacial score (nSPS) is 21.7. The second kappa shape index (κ2) is 5.30. The quantitative estimate of drug-likeness (QED) is 0.930. The lowest BCUT2D eigenvalue weighted by molar-refractivity contribution is 0.0936. The van der Waals surface area contributed by atoms with E-state index in [9.17, 15) is 10.1 Å². The third-order valence-corrected chi connectivity index (χ3v) is 4.93. The third kappa shape index (κ3) is 2.35. The molecule has 6 heteroatoms. The van der Waals surface area contributed by atoms with Gasteiger partial charge in [0.25, 0.3) is 11.6 Å². The lowest BCUT2D eigenvalue weighted by Crippen LogP contribution is -2.39. The van der Waals surface area contributed by atoms with E-state index in [-0.39, 0.29) is 17.2 Å². The van der Waals surface area contributed by atoms with Crippen molar-refractivity contribution < 1.29 is 9.32 Å². The summed E-state index contributed by atoms with van der Waals surface area (Å²) in [5.74, 6) is -0.163. The minimum atomic E-state index is -0.804. The van der Waals surface area contributed by atoms with E-state index in [1.165, 1.54) is 0 Å². The fraction of sp³-hybridized carbons (Fsp3) is 0.556. The van der Waals surface area contributed by atoms with Crippen molar-refractivity contribution >= 4 is 17.0 Å². The van der Waals surface area contributed by atoms with Gasteiger partial charge in [-0.25, -0.2) is 4.98 Å². The SMILES string of the molecule is CCc1cc(C(=O)NC2(C#N)CC2(C)C)c2c(C(C)C)noc2n1. The number of hydrogen-bond acceptors (Lipinski definition) is 5. The van der Waals surface area contributed by atoms with Gasteiger partial charge in [0.2, 0.25) is 0 Å². The second-order valence-electron chi connectivity index (χ2n) is 7.45. The van der Waals surface area contributed by atoms with Crippen LogP contribution in [0.3, 0.4) is 0 Å². The number of nitriles is 1. The summed E-state index contributed by atoms with van der Waals surface area (Å²) in [6.07, 6.45) is 1.33. The molecule has 1 amide bonds. The molecule has 3 rings (SSSR count). The molecule has 1 unspecified atom stereocenters. The third-order valence-electron chi connectivity index (χ3n) is 4.93. The Balaban J connectivity index is 2.09. The number of aromatic nitrogens is 2. The van der Waals surface area contributed by atoms with Crippen LogP contribution in [0.2, 0.25) is 0 Å². The van der Waals surface area contributed by atoms with Crippen molar-refractivity contribution in [3.05, 3.63) is 23.0 Å². The minimum absolute atomic E-state index is 0.106. The number of aryl methyl sites for hydroxylation is 1. The van der Waals surface area contributed by atoms with Crippen LogP contribution in [-0.2, 0) is 6.42 Å². The topological polar surface area (TPSA) is 91.8 Å². The molecular formula is C18H22N4O2. The fourth-order valence-electron chi connectivity index (χ4n) is 3.09. The second-order valence-corrected chi connectivity index (χ2v) is 7.45. The van der Waals surface area contributed by atoms with Crippen LogP contribution in [0.1, 0.15) is 68.7 Å². The molecule has 0 aliphatic heterocycles. The first-order valence-electron chi connectivity index (χ1n) is 8.27. The summed E-state index contributed by atoms with van der Waals surface area (Å²) in [5, 5.41) is 17.2. The largest absolute Gasteiger partial charge is 0.335 e. The van der Waals surface area contributed by atoms with Gasteiger partial charge < -0.3 is 9.84 Å². The molecule has 126 valence electrons. The lowest BCUT2D eigenvalue weighted by atomic mass is 10.0. The summed E-state index contributed by atoms with van der Waals surface area (Å²) in [6.45, 7) is 9.92. The molecule has 2 heterocycles. The fourth-order valence-corrected chi connectivity index (χ4v) is 3.09. The van der Waals surface area contributed by atoms with E-state index in [0.29, 0.717) is 35.2 Å². The number of rotatable bonds is 4. The van der Waals surface area contributed by atoms with Gasteiger partial charge in [-0.05, 0) is 24.8 Å². The first-order chi connectivity index (χ1) is 11.2. The van der Waals surface area contributed by atoms with Crippen LogP contribution >= 0.6 is 0 Å². The maximum atomic E-state index is 12.9. The lowest BCUT2D eigenvalue weighted by Gasteiger charge is -2.15. The molecule has 0 saturated heterocycles. The number of carbonyl (C=O) groups excluding carboxylic acids is 1. The van der Waals surface area contributed by atoms with Gasteiger partial charge in [0.1, 0.15) is 5.54 Å². The zero-order chi connectivity index (χ0) is 17.7. The number of nitrogens with zero attached hydrogens (tertiary/aromatic N) is 3. The van der Waals surface area contributed by atoms with Gasteiger partial charge in [-0.1, -0.05) is 39.8 Å². The smallest absolute Gasteiger partial charge is 0.259 e. The Morgan fingerprint density at radius 2 is 2.17 bits per heavy atom. The van der Waals surface area contributed by atoms with Crippen molar-refractivity contribution in [2.75, 3.05) is 0 Å². The number of fused-ring (bicyclic) bond motifs is 1. The molecule has 0 spiro atoms. The summed E-state index contributed by atoms with van der Waals surface area (Å²) in [7, 11) is 0. The van der Waals surface area contributed by atoms with Gasteiger partial charge in [0, 0.05) is 11.1 Å². The molecule has 1 saturated carbocycles. The van der Waals surface area contributed by atoms with E-state index in [4.69, 9.17) is 4.52 Å². The summed E-state index contributed by atoms with van der Waals surface area (Å²) < 4.78 is 5.35. The van der Waals surface area contributed by atoms with Crippen LogP contribution < -0.4 is 5.32 Å². The molecule has 6 nitrogen and oxygen atoms in total. The van der Waals surface area contributed by atoms with Gasteiger partial charge in [-0.2, -0.15) is 5.26 Å². The molecule has 1 N–H and O–H groups in total. The molecule has 2 aromatic rings. The van der Waals surface area contributed by atoms with E-state index < -0.39 is 5.54 Å². The van der Waals surface area contributed by atoms with Crippen molar-refractivity contribution in [3.8, 4) is 6.07 Å². The molecule has 1 fully saturated rings. The highest BCUT2D eigenvalue weighted by Crippen LogP contribution is 2.55. The van der Waals surface area contributed by atoms with Crippen molar-refractivity contribution in [1.82, 2.24) is 15.5 Å². The molecule has 1 aliphatic rings.